The molecule has 1 aromatic rings. The molecular weight excluding hydrogens is 388 g/mol. The minimum Gasteiger partial charge on any atom is -0.491 e. The molecule has 1 aromatic carbocycles. The molecule has 0 atom stereocenters. The minimum atomic E-state index is -0.00741. The molecular formula is C14H20Br2N2O2. The quantitative estimate of drug-likeness (QED) is 0.730. The molecule has 112 valence electrons. The molecule has 0 bridgehead atoms. The Balaban J connectivity index is 2.58. The molecule has 4 nitrogen and oxygen atoms in total. The van der Waals surface area contributed by atoms with Crippen molar-refractivity contribution in [1.29, 1.82) is 0 Å². The minimum absolute atomic E-state index is 0.00741. The van der Waals surface area contributed by atoms with Gasteiger partial charge < -0.3 is 15.8 Å². The van der Waals surface area contributed by atoms with Gasteiger partial charge in [-0.15, -0.1) is 0 Å². The third-order valence-corrected chi connectivity index (χ3v) is 3.69. The summed E-state index contributed by atoms with van der Waals surface area (Å²) in [7, 11) is 0. The number of rotatable bonds is 7. The summed E-state index contributed by atoms with van der Waals surface area (Å²) in [5, 5.41) is 2.83. The predicted octanol–water partition coefficient (Wildman–Crippen LogP) is 3.01. The van der Waals surface area contributed by atoms with E-state index in [1.165, 1.54) is 0 Å². The highest BCUT2D eigenvalue weighted by Crippen LogP contribution is 2.34. The second kappa shape index (κ2) is 8.64. The van der Waals surface area contributed by atoms with Gasteiger partial charge in [-0.2, -0.15) is 0 Å². The number of nitrogens with one attached hydrogen (secondary N) is 1. The van der Waals surface area contributed by atoms with Gasteiger partial charge in [0.05, 0.1) is 22.0 Å². The Morgan fingerprint density at radius 3 is 2.45 bits per heavy atom. The zero-order valence-corrected chi connectivity index (χ0v) is 14.9. The number of hydrogen-bond acceptors (Lipinski definition) is 3. The summed E-state index contributed by atoms with van der Waals surface area (Å²) < 4.78 is 7.39. The number of carbonyl (C=O) groups is 1. The van der Waals surface area contributed by atoms with Crippen molar-refractivity contribution in [3.63, 3.8) is 0 Å². The maximum atomic E-state index is 11.5. The highest BCUT2D eigenvalue weighted by molar-refractivity contribution is 9.11. The number of hydrogen-bond donors (Lipinski definition) is 2. The Morgan fingerprint density at radius 2 is 1.95 bits per heavy atom. The molecule has 0 aliphatic heterocycles. The smallest absolute Gasteiger partial charge is 0.223 e. The van der Waals surface area contributed by atoms with Gasteiger partial charge in [0.1, 0.15) is 5.75 Å². The molecule has 0 aliphatic carbocycles. The van der Waals surface area contributed by atoms with Gasteiger partial charge in [0.2, 0.25) is 5.91 Å². The molecule has 0 fully saturated rings. The third kappa shape index (κ3) is 5.81. The van der Waals surface area contributed by atoms with E-state index in [0.717, 1.165) is 20.9 Å². The number of carbonyl (C=O) groups excluding carboxylic acids is 1. The fraction of sp³-hybridized carbons (Fsp3) is 0.500. The average molecular weight is 408 g/mol. The van der Waals surface area contributed by atoms with Crippen LogP contribution in [0.25, 0.3) is 0 Å². The fourth-order valence-electron chi connectivity index (χ4n) is 1.70. The maximum Gasteiger partial charge on any atom is 0.223 e. The summed E-state index contributed by atoms with van der Waals surface area (Å²) in [5.74, 6) is 0.704. The van der Waals surface area contributed by atoms with Crippen LogP contribution in [0, 0.1) is 0 Å². The zero-order valence-electron chi connectivity index (χ0n) is 11.7. The van der Waals surface area contributed by atoms with Crippen LogP contribution in [0.15, 0.2) is 21.1 Å². The second-order valence-electron chi connectivity index (χ2n) is 4.75. The lowest BCUT2D eigenvalue weighted by molar-refractivity contribution is -0.122. The lowest BCUT2D eigenvalue weighted by Gasteiger charge is -2.13. The average Bonchev–Trinajstić information content (AvgIpc) is 2.32. The van der Waals surface area contributed by atoms with Gasteiger partial charge in [-0.3, -0.25) is 4.79 Å². The molecule has 1 amide bonds. The van der Waals surface area contributed by atoms with E-state index in [4.69, 9.17) is 10.5 Å². The highest BCUT2D eigenvalue weighted by Gasteiger charge is 2.10. The zero-order chi connectivity index (χ0) is 15.1. The number of ether oxygens (including phenoxy) is 1. The molecule has 0 spiro atoms. The molecule has 0 saturated heterocycles. The first-order chi connectivity index (χ1) is 9.43. The van der Waals surface area contributed by atoms with E-state index in [1.54, 1.807) is 0 Å². The van der Waals surface area contributed by atoms with Gasteiger partial charge in [-0.05, 0) is 76.4 Å². The Bertz CT molecular complexity index is 441. The highest BCUT2D eigenvalue weighted by atomic mass is 79.9. The first-order valence-electron chi connectivity index (χ1n) is 6.54. The molecule has 0 unspecified atom stereocenters. The van der Waals surface area contributed by atoms with E-state index in [1.807, 2.05) is 26.0 Å². The van der Waals surface area contributed by atoms with Gasteiger partial charge in [-0.25, -0.2) is 0 Å². The van der Waals surface area contributed by atoms with Crippen LogP contribution in [0.1, 0.15) is 25.8 Å². The van der Waals surface area contributed by atoms with Crippen LogP contribution in [-0.2, 0) is 11.2 Å². The monoisotopic (exact) mass is 406 g/mol. The Hall–Kier alpha value is -0.590. The SMILES string of the molecule is CC(C)NC(=O)CCOc1c(Br)cc(CCN)cc1Br. The van der Waals surface area contributed by atoms with Crippen molar-refractivity contribution < 1.29 is 9.53 Å². The van der Waals surface area contributed by atoms with E-state index in [9.17, 15) is 4.79 Å². The molecule has 20 heavy (non-hydrogen) atoms. The first-order valence-corrected chi connectivity index (χ1v) is 8.12. The molecule has 1 rings (SSSR count). The topological polar surface area (TPSA) is 64.3 Å². The van der Waals surface area contributed by atoms with E-state index in [0.29, 0.717) is 25.3 Å². The Labute approximate surface area is 136 Å². The van der Waals surface area contributed by atoms with Crippen LogP contribution >= 0.6 is 31.9 Å². The van der Waals surface area contributed by atoms with Crippen molar-refractivity contribution in [1.82, 2.24) is 5.32 Å². The molecule has 6 heteroatoms. The largest absolute Gasteiger partial charge is 0.491 e. The summed E-state index contributed by atoms with van der Waals surface area (Å²) in [6, 6.07) is 4.12. The number of halogens is 2. The summed E-state index contributed by atoms with van der Waals surface area (Å²) in [5.41, 5.74) is 6.68. The summed E-state index contributed by atoms with van der Waals surface area (Å²) >= 11 is 6.96. The van der Waals surface area contributed by atoms with Crippen LogP contribution in [0.5, 0.6) is 5.75 Å². The lowest BCUT2D eigenvalue weighted by Crippen LogP contribution is -2.31. The Kier molecular flexibility index (Phi) is 7.55. The van der Waals surface area contributed by atoms with Crippen molar-refractivity contribution in [3.05, 3.63) is 26.6 Å². The maximum absolute atomic E-state index is 11.5. The summed E-state index contributed by atoms with van der Waals surface area (Å²) in [4.78, 5) is 11.5. The van der Waals surface area contributed by atoms with Crippen molar-refractivity contribution >= 4 is 37.8 Å². The van der Waals surface area contributed by atoms with Gasteiger partial charge in [0.25, 0.3) is 0 Å². The van der Waals surface area contributed by atoms with Crippen molar-refractivity contribution in [2.45, 2.75) is 32.7 Å². The van der Waals surface area contributed by atoms with Crippen LogP contribution in [0.3, 0.4) is 0 Å². The number of nitrogens with two attached hydrogens (primary N) is 1. The van der Waals surface area contributed by atoms with Crippen molar-refractivity contribution in [2.24, 2.45) is 5.73 Å². The molecule has 0 saturated carbocycles. The summed E-state index contributed by atoms with van der Waals surface area (Å²) in [6.07, 6.45) is 1.15. The van der Waals surface area contributed by atoms with E-state index in [-0.39, 0.29) is 11.9 Å². The predicted molar refractivity (Wildman–Crippen MR) is 88.0 cm³/mol. The van der Waals surface area contributed by atoms with Crippen LogP contribution < -0.4 is 15.8 Å². The Morgan fingerprint density at radius 1 is 1.35 bits per heavy atom. The number of amides is 1. The van der Waals surface area contributed by atoms with Gasteiger partial charge in [0.15, 0.2) is 0 Å². The van der Waals surface area contributed by atoms with E-state index < -0.39 is 0 Å². The second-order valence-corrected chi connectivity index (χ2v) is 6.46. The fourth-order valence-corrected chi connectivity index (χ4v) is 3.21. The van der Waals surface area contributed by atoms with E-state index >= 15 is 0 Å². The van der Waals surface area contributed by atoms with Crippen LogP contribution in [0.2, 0.25) is 0 Å². The molecule has 0 aliphatic rings. The van der Waals surface area contributed by atoms with Crippen molar-refractivity contribution in [2.75, 3.05) is 13.2 Å². The molecule has 0 heterocycles. The van der Waals surface area contributed by atoms with Crippen LogP contribution in [0.4, 0.5) is 0 Å². The van der Waals surface area contributed by atoms with Crippen molar-refractivity contribution in [3.8, 4) is 5.75 Å². The van der Waals surface area contributed by atoms with E-state index in [2.05, 4.69) is 37.2 Å². The van der Waals surface area contributed by atoms with Gasteiger partial charge in [-0.1, -0.05) is 0 Å². The summed E-state index contributed by atoms with van der Waals surface area (Å²) in [6.45, 7) is 4.81. The third-order valence-electron chi connectivity index (χ3n) is 2.52. The molecule has 3 N–H and O–H groups in total. The normalized spacial score (nSPS) is 10.7. The first kappa shape index (κ1) is 17.5. The van der Waals surface area contributed by atoms with Crippen LogP contribution in [-0.4, -0.2) is 25.1 Å². The lowest BCUT2D eigenvalue weighted by atomic mass is 10.1. The number of benzene rings is 1. The molecule has 0 radical (unpaired) electrons. The molecule has 0 aromatic heterocycles. The van der Waals surface area contributed by atoms with Gasteiger partial charge in [0, 0.05) is 6.04 Å². The standard InChI is InChI=1S/C14H20Br2N2O2/c1-9(2)18-13(19)4-6-20-14-11(15)7-10(3-5-17)8-12(14)16/h7-9H,3-6,17H2,1-2H3,(H,18,19). The van der Waals surface area contributed by atoms with Gasteiger partial charge >= 0.3 is 0 Å².